The number of carbonyl (C=O) groups excluding carboxylic acids is 1. The van der Waals surface area contributed by atoms with Crippen molar-refractivity contribution in [2.75, 3.05) is 17.2 Å². The summed E-state index contributed by atoms with van der Waals surface area (Å²) in [5.41, 5.74) is 3.34. The minimum Gasteiger partial charge on any atom is -0.385 e. The summed E-state index contributed by atoms with van der Waals surface area (Å²) in [6.45, 7) is 4.42. The summed E-state index contributed by atoms with van der Waals surface area (Å²) in [6, 6.07) is 15.0. The van der Waals surface area contributed by atoms with Crippen LogP contribution >= 0.6 is 0 Å². The quantitative estimate of drug-likeness (QED) is 0.793. The van der Waals surface area contributed by atoms with Crippen LogP contribution in [0.25, 0.3) is 0 Å². The van der Waals surface area contributed by atoms with Crippen molar-refractivity contribution in [3.63, 3.8) is 0 Å². The van der Waals surface area contributed by atoms with Gasteiger partial charge in [-0.1, -0.05) is 0 Å². The van der Waals surface area contributed by atoms with Gasteiger partial charge in [-0.05, 0) is 55.5 Å². The smallest absolute Gasteiger partial charge is 0.221 e. The van der Waals surface area contributed by atoms with E-state index in [1.807, 2.05) is 36.4 Å². The molecule has 5 nitrogen and oxygen atoms in total. The first-order chi connectivity index (χ1) is 10.2. The lowest BCUT2D eigenvalue weighted by molar-refractivity contribution is -0.114. The Morgan fingerprint density at radius 2 is 1.38 bits per heavy atom. The van der Waals surface area contributed by atoms with Gasteiger partial charge in [-0.15, -0.1) is 0 Å². The second-order valence-corrected chi connectivity index (χ2v) is 4.51. The van der Waals surface area contributed by atoms with Gasteiger partial charge in [0.05, 0.1) is 11.4 Å². The third-order valence-electron chi connectivity index (χ3n) is 2.72. The van der Waals surface area contributed by atoms with E-state index < -0.39 is 0 Å². The SMILES string of the molecule is CCNc1ccc(/N=N/c2ccc(NC(C)=O)cc2)cc1. The molecule has 0 fully saturated rings. The molecule has 5 heteroatoms. The molecule has 0 aliphatic rings. The van der Waals surface area contributed by atoms with E-state index in [-0.39, 0.29) is 5.91 Å². The highest BCUT2D eigenvalue weighted by Crippen LogP contribution is 2.21. The van der Waals surface area contributed by atoms with Crippen molar-refractivity contribution in [2.45, 2.75) is 13.8 Å². The van der Waals surface area contributed by atoms with E-state index in [1.165, 1.54) is 6.92 Å². The molecular formula is C16H18N4O. The zero-order valence-electron chi connectivity index (χ0n) is 12.1. The normalized spacial score (nSPS) is 10.6. The largest absolute Gasteiger partial charge is 0.385 e. The number of azo groups is 1. The minimum absolute atomic E-state index is 0.0924. The molecule has 0 saturated carbocycles. The van der Waals surface area contributed by atoms with Crippen LogP contribution in [0.2, 0.25) is 0 Å². The zero-order valence-corrected chi connectivity index (χ0v) is 12.1. The highest BCUT2D eigenvalue weighted by molar-refractivity contribution is 5.88. The lowest BCUT2D eigenvalue weighted by Gasteiger charge is -2.02. The fraction of sp³-hybridized carbons (Fsp3) is 0.188. The topological polar surface area (TPSA) is 65.8 Å². The number of hydrogen-bond acceptors (Lipinski definition) is 4. The fourth-order valence-electron chi connectivity index (χ4n) is 1.78. The molecule has 21 heavy (non-hydrogen) atoms. The van der Waals surface area contributed by atoms with Crippen molar-refractivity contribution in [2.24, 2.45) is 10.2 Å². The van der Waals surface area contributed by atoms with Gasteiger partial charge in [-0.25, -0.2) is 0 Å². The number of amides is 1. The van der Waals surface area contributed by atoms with Crippen LogP contribution in [0, 0.1) is 0 Å². The van der Waals surface area contributed by atoms with Crippen molar-refractivity contribution in [1.29, 1.82) is 0 Å². The highest BCUT2D eigenvalue weighted by atomic mass is 16.1. The van der Waals surface area contributed by atoms with Crippen molar-refractivity contribution >= 4 is 28.7 Å². The van der Waals surface area contributed by atoms with Gasteiger partial charge >= 0.3 is 0 Å². The van der Waals surface area contributed by atoms with Gasteiger partial charge in [0.25, 0.3) is 0 Å². The Morgan fingerprint density at radius 3 is 1.81 bits per heavy atom. The summed E-state index contributed by atoms with van der Waals surface area (Å²) >= 11 is 0. The van der Waals surface area contributed by atoms with E-state index in [0.29, 0.717) is 0 Å². The average molecular weight is 282 g/mol. The molecule has 0 heterocycles. The standard InChI is InChI=1S/C16H18N4O/c1-3-17-13-4-8-15(9-5-13)19-20-16-10-6-14(7-11-16)18-12(2)21/h4-11,17H,3H2,1-2H3,(H,18,21)/b20-19+. The first-order valence-electron chi connectivity index (χ1n) is 6.80. The molecule has 0 atom stereocenters. The molecule has 0 bridgehead atoms. The van der Waals surface area contributed by atoms with Crippen molar-refractivity contribution in [3.8, 4) is 0 Å². The fourth-order valence-corrected chi connectivity index (χ4v) is 1.78. The Morgan fingerprint density at radius 1 is 0.905 bits per heavy atom. The van der Waals surface area contributed by atoms with Crippen molar-refractivity contribution < 1.29 is 4.79 Å². The van der Waals surface area contributed by atoms with E-state index >= 15 is 0 Å². The molecular weight excluding hydrogens is 264 g/mol. The summed E-state index contributed by atoms with van der Waals surface area (Å²) in [5.74, 6) is -0.0924. The molecule has 0 radical (unpaired) electrons. The van der Waals surface area contributed by atoms with Crippen LogP contribution in [0.3, 0.4) is 0 Å². The Kier molecular flexibility index (Phi) is 5.04. The number of carbonyl (C=O) groups is 1. The maximum Gasteiger partial charge on any atom is 0.221 e. The number of nitrogens with one attached hydrogen (secondary N) is 2. The van der Waals surface area contributed by atoms with E-state index in [1.54, 1.807) is 12.1 Å². The van der Waals surface area contributed by atoms with Gasteiger partial charge in [0.1, 0.15) is 0 Å². The lowest BCUT2D eigenvalue weighted by Crippen LogP contribution is -2.04. The minimum atomic E-state index is -0.0924. The molecule has 1 amide bonds. The number of anilines is 2. The van der Waals surface area contributed by atoms with Gasteiger partial charge in [0.2, 0.25) is 5.91 Å². The molecule has 0 unspecified atom stereocenters. The van der Waals surface area contributed by atoms with Gasteiger partial charge in [-0.3, -0.25) is 4.79 Å². The molecule has 2 aromatic carbocycles. The monoisotopic (exact) mass is 282 g/mol. The number of hydrogen-bond donors (Lipinski definition) is 2. The Balaban J connectivity index is 2.01. The van der Waals surface area contributed by atoms with Crippen LogP contribution in [0.15, 0.2) is 58.8 Å². The molecule has 2 rings (SSSR count). The van der Waals surface area contributed by atoms with E-state index in [4.69, 9.17) is 0 Å². The van der Waals surface area contributed by atoms with Crippen LogP contribution in [0.5, 0.6) is 0 Å². The Bertz CT molecular complexity index is 618. The summed E-state index contributed by atoms with van der Waals surface area (Å²) in [4.78, 5) is 10.9. The third kappa shape index (κ3) is 4.72. The molecule has 108 valence electrons. The summed E-state index contributed by atoms with van der Waals surface area (Å²) < 4.78 is 0. The summed E-state index contributed by atoms with van der Waals surface area (Å²) in [5, 5.41) is 14.3. The molecule has 0 spiro atoms. The summed E-state index contributed by atoms with van der Waals surface area (Å²) in [7, 11) is 0. The van der Waals surface area contributed by atoms with Crippen LogP contribution < -0.4 is 10.6 Å². The molecule has 0 aliphatic carbocycles. The zero-order chi connectivity index (χ0) is 15.1. The lowest BCUT2D eigenvalue weighted by atomic mass is 10.3. The molecule has 2 N–H and O–H groups in total. The van der Waals surface area contributed by atoms with E-state index in [2.05, 4.69) is 27.8 Å². The highest BCUT2D eigenvalue weighted by Gasteiger charge is 1.96. The molecule has 0 aliphatic heterocycles. The predicted molar refractivity (Wildman–Crippen MR) is 85.5 cm³/mol. The third-order valence-corrected chi connectivity index (χ3v) is 2.72. The van der Waals surface area contributed by atoms with Gasteiger partial charge in [0.15, 0.2) is 0 Å². The van der Waals surface area contributed by atoms with E-state index in [9.17, 15) is 4.79 Å². The van der Waals surface area contributed by atoms with Crippen LogP contribution in [0.1, 0.15) is 13.8 Å². The second kappa shape index (κ2) is 7.19. The van der Waals surface area contributed by atoms with Gasteiger partial charge < -0.3 is 10.6 Å². The molecule has 0 saturated heterocycles. The number of rotatable bonds is 5. The summed E-state index contributed by atoms with van der Waals surface area (Å²) in [6.07, 6.45) is 0. The predicted octanol–water partition coefficient (Wildman–Crippen LogP) is 4.49. The maximum atomic E-state index is 10.9. The Hall–Kier alpha value is -2.69. The molecule has 0 aromatic heterocycles. The first kappa shape index (κ1) is 14.7. The van der Waals surface area contributed by atoms with Crippen molar-refractivity contribution in [1.82, 2.24) is 0 Å². The van der Waals surface area contributed by atoms with Gasteiger partial charge in [0, 0.05) is 24.8 Å². The van der Waals surface area contributed by atoms with Crippen LogP contribution in [-0.2, 0) is 4.79 Å². The van der Waals surface area contributed by atoms with Crippen LogP contribution in [-0.4, -0.2) is 12.5 Å². The van der Waals surface area contributed by atoms with E-state index in [0.717, 1.165) is 29.3 Å². The number of benzene rings is 2. The van der Waals surface area contributed by atoms with Crippen LogP contribution in [0.4, 0.5) is 22.7 Å². The number of nitrogens with zero attached hydrogens (tertiary/aromatic N) is 2. The maximum absolute atomic E-state index is 10.9. The average Bonchev–Trinajstić information content (AvgIpc) is 2.48. The first-order valence-corrected chi connectivity index (χ1v) is 6.80. The second-order valence-electron chi connectivity index (χ2n) is 4.51. The van der Waals surface area contributed by atoms with Crippen molar-refractivity contribution in [3.05, 3.63) is 48.5 Å². The molecule has 2 aromatic rings. The van der Waals surface area contributed by atoms with Gasteiger partial charge in [-0.2, -0.15) is 10.2 Å². The Labute approximate surface area is 124 Å².